The number of aliphatic hydroxyl groups excluding tert-OH is 2. The Hall–Kier alpha value is -1.09. The number of benzene rings is 1. The van der Waals surface area contributed by atoms with Crippen molar-refractivity contribution in [2.45, 2.75) is 11.0 Å². The lowest BCUT2D eigenvalue weighted by molar-refractivity contribution is 0.0988. The molecular formula is C9H11F2NO4S. The molecule has 0 saturated carbocycles. The van der Waals surface area contributed by atoms with Crippen LogP contribution in [0.4, 0.5) is 8.78 Å². The minimum atomic E-state index is -4.18. The van der Waals surface area contributed by atoms with Crippen LogP contribution in [-0.4, -0.2) is 37.9 Å². The molecule has 1 aromatic carbocycles. The van der Waals surface area contributed by atoms with Gasteiger partial charge in [-0.25, -0.2) is 21.9 Å². The Labute approximate surface area is 96.8 Å². The molecule has 0 aliphatic carbocycles. The highest BCUT2D eigenvalue weighted by Gasteiger charge is 2.20. The molecular weight excluding hydrogens is 256 g/mol. The van der Waals surface area contributed by atoms with E-state index in [1.807, 2.05) is 4.72 Å². The van der Waals surface area contributed by atoms with Crippen molar-refractivity contribution >= 4 is 10.0 Å². The van der Waals surface area contributed by atoms with Crippen molar-refractivity contribution in [1.82, 2.24) is 4.72 Å². The smallest absolute Gasteiger partial charge is 0.243 e. The summed E-state index contributed by atoms with van der Waals surface area (Å²) < 4.78 is 50.7. The first-order valence-corrected chi connectivity index (χ1v) is 6.09. The van der Waals surface area contributed by atoms with Crippen LogP contribution >= 0.6 is 0 Å². The molecule has 0 bridgehead atoms. The molecule has 0 aliphatic rings. The van der Waals surface area contributed by atoms with Gasteiger partial charge in [-0.1, -0.05) is 0 Å². The average molecular weight is 267 g/mol. The first kappa shape index (κ1) is 14.0. The molecule has 0 radical (unpaired) electrons. The van der Waals surface area contributed by atoms with Gasteiger partial charge in [0.15, 0.2) is 0 Å². The van der Waals surface area contributed by atoms with Crippen molar-refractivity contribution in [3.05, 3.63) is 29.8 Å². The number of sulfonamides is 1. The van der Waals surface area contributed by atoms with Crippen LogP contribution in [-0.2, 0) is 10.0 Å². The zero-order valence-electron chi connectivity index (χ0n) is 8.60. The topological polar surface area (TPSA) is 86.6 Å². The zero-order chi connectivity index (χ0) is 13.1. The predicted molar refractivity (Wildman–Crippen MR) is 54.6 cm³/mol. The van der Waals surface area contributed by atoms with E-state index >= 15 is 0 Å². The maximum atomic E-state index is 13.2. The molecule has 0 spiro atoms. The second kappa shape index (κ2) is 5.50. The summed E-state index contributed by atoms with van der Waals surface area (Å²) in [5, 5.41) is 17.4. The van der Waals surface area contributed by atoms with Crippen LogP contribution in [0, 0.1) is 11.6 Å². The van der Waals surface area contributed by atoms with Crippen molar-refractivity contribution in [1.29, 1.82) is 0 Å². The lowest BCUT2D eigenvalue weighted by Gasteiger charge is -2.10. The lowest BCUT2D eigenvalue weighted by atomic mass is 10.3. The first-order chi connectivity index (χ1) is 7.86. The van der Waals surface area contributed by atoms with Crippen molar-refractivity contribution < 1.29 is 27.4 Å². The van der Waals surface area contributed by atoms with E-state index in [0.717, 1.165) is 12.1 Å². The van der Waals surface area contributed by atoms with Crippen LogP contribution in [0.1, 0.15) is 0 Å². The van der Waals surface area contributed by atoms with Crippen LogP contribution in [0.25, 0.3) is 0 Å². The molecule has 3 N–H and O–H groups in total. The minimum absolute atomic E-state index is 0.442. The Kier molecular flexibility index (Phi) is 4.52. The number of nitrogens with one attached hydrogen (secondary N) is 1. The van der Waals surface area contributed by atoms with E-state index in [-0.39, 0.29) is 0 Å². The fourth-order valence-corrected chi connectivity index (χ4v) is 2.17. The predicted octanol–water partition coefficient (Wildman–Crippen LogP) is -0.404. The molecule has 1 unspecified atom stereocenters. The van der Waals surface area contributed by atoms with Crippen LogP contribution in [0.5, 0.6) is 0 Å². The molecule has 0 fully saturated rings. The molecule has 96 valence electrons. The van der Waals surface area contributed by atoms with Gasteiger partial charge in [-0.3, -0.25) is 0 Å². The molecule has 1 rings (SSSR count). The number of hydrogen-bond donors (Lipinski definition) is 3. The molecule has 17 heavy (non-hydrogen) atoms. The summed E-state index contributed by atoms with van der Waals surface area (Å²) in [4.78, 5) is -0.718. The van der Waals surface area contributed by atoms with E-state index in [2.05, 4.69) is 0 Å². The van der Waals surface area contributed by atoms with Crippen LogP contribution in [0.3, 0.4) is 0 Å². The highest BCUT2D eigenvalue weighted by Crippen LogP contribution is 2.14. The molecule has 8 heteroatoms. The number of rotatable bonds is 5. The standard InChI is InChI=1S/C9H11F2NO4S/c10-6-1-2-9(8(11)3-6)17(15,16)12-4-7(14)5-13/h1-3,7,12-14H,4-5H2. The van der Waals surface area contributed by atoms with Crippen molar-refractivity contribution in [3.63, 3.8) is 0 Å². The first-order valence-electron chi connectivity index (χ1n) is 4.60. The van der Waals surface area contributed by atoms with Gasteiger partial charge >= 0.3 is 0 Å². The fraction of sp³-hybridized carbons (Fsp3) is 0.333. The summed E-state index contributed by atoms with van der Waals surface area (Å²) in [6.07, 6.45) is -1.28. The minimum Gasteiger partial charge on any atom is -0.394 e. The third-order valence-electron chi connectivity index (χ3n) is 1.90. The van der Waals surface area contributed by atoms with Gasteiger partial charge in [0.2, 0.25) is 10.0 Å². The summed E-state index contributed by atoms with van der Waals surface area (Å²) in [6, 6.07) is 2.02. The second-order valence-corrected chi connectivity index (χ2v) is 5.00. The highest BCUT2D eigenvalue weighted by atomic mass is 32.2. The SMILES string of the molecule is O=S(=O)(NCC(O)CO)c1ccc(F)cc1F. The Morgan fingerprint density at radius 1 is 1.35 bits per heavy atom. The van der Waals surface area contributed by atoms with Crippen LogP contribution < -0.4 is 4.72 Å². The van der Waals surface area contributed by atoms with Gasteiger partial charge in [-0.15, -0.1) is 0 Å². The third-order valence-corrected chi connectivity index (χ3v) is 3.36. The van der Waals surface area contributed by atoms with Crippen molar-refractivity contribution in [2.24, 2.45) is 0 Å². The number of aliphatic hydroxyl groups is 2. The monoisotopic (exact) mass is 267 g/mol. The molecule has 0 amide bonds. The van der Waals surface area contributed by atoms with E-state index in [0.29, 0.717) is 6.07 Å². The van der Waals surface area contributed by atoms with Gasteiger partial charge in [-0.05, 0) is 12.1 Å². The third kappa shape index (κ3) is 3.70. The van der Waals surface area contributed by atoms with E-state index in [1.54, 1.807) is 0 Å². The molecule has 0 aliphatic heterocycles. The van der Waals surface area contributed by atoms with Gasteiger partial charge in [0.25, 0.3) is 0 Å². The van der Waals surface area contributed by atoms with E-state index < -0.39 is 45.8 Å². The maximum absolute atomic E-state index is 13.2. The second-order valence-electron chi connectivity index (χ2n) is 3.26. The molecule has 5 nitrogen and oxygen atoms in total. The van der Waals surface area contributed by atoms with Gasteiger partial charge in [-0.2, -0.15) is 0 Å². The molecule has 1 atom stereocenters. The van der Waals surface area contributed by atoms with Gasteiger partial charge < -0.3 is 10.2 Å². The van der Waals surface area contributed by atoms with Crippen LogP contribution in [0.15, 0.2) is 23.1 Å². The highest BCUT2D eigenvalue weighted by molar-refractivity contribution is 7.89. The Balaban J connectivity index is 2.90. The Bertz CT molecular complexity index is 492. The van der Waals surface area contributed by atoms with E-state index in [4.69, 9.17) is 10.2 Å². The average Bonchev–Trinajstić information content (AvgIpc) is 2.25. The van der Waals surface area contributed by atoms with Gasteiger partial charge in [0.1, 0.15) is 16.5 Å². The fourth-order valence-electron chi connectivity index (χ4n) is 1.04. The summed E-state index contributed by atoms with van der Waals surface area (Å²) in [5.74, 6) is -2.12. The largest absolute Gasteiger partial charge is 0.394 e. The summed E-state index contributed by atoms with van der Waals surface area (Å²) in [7, 11) is -4.18. The van der Waals surface area contributed by atoms with E-state index in [1.165, 1.54) is 0 Å². The van der Waals surface area contributed by atoms with Crippen molar-refractivity contribution in [2.75, 3.05) is 13.2 Å². The zero-order valence-corrected chi connectivity index (χ0v) is 9.42. The normalized spacial score (nSPS) is 13.6. The Morgan fingerprint density at radius 2 is 2.00 bits per heavy atom. The lowest BCUT2D eigenvalue weighted by Crippen LogP contribution is -2.34. The van der Waals surface area contributed by atoms with Crippen LogP contribution in [0.2, 0.25) is 0 Å². The Morgan fingerprint density at radius 3 is 2.53 bits per heavy atom. The number of halogens is 2. The molecule has 1 aromatic rings. The maximum Gasteiger partial charge on any atom is 0.243 e. The van der Waals surface area contributed by atoms with Crippen molar-refractivity contribution in [3.8, 4) is 0 Å². The number of hydrogen-bond acceptors (Lipinski definition) is 4. The van der Waals surface area contributed by atoms with Gasteiger partial charge in [0, 0.05) is 12.6 Å². The summed E-state index contributed by atoms with van der Waals surface area (Å²) in [6.45, 7) is -1.09. The van der Waals surface area contributed by atoms with Gasteiger partial charge in [0.05, 0.1) is 12.7 Å². The van der Waals surface area contributed by atoms with E-state index in [9.17, 15) is 17.2 Å². The molecule has 0 heterocycles. The molecule has 0 aromatic heterocycles. The summed E-state index contributed by atoms with van der Waals surface area (Å²) >= 11 is 0. The molecule has 0 saturated heterocycles. The summed E-state index contributed by atoms with van der Waals surface area (Å²) in [5.41, 5.74) is 0. The quantitative estimate of drug-likeness (QED) is 0.677.